The molecular formula is C11H21F3N2. The van der Waals surface area contributed by atoms with Gasteiger partial charge in [0.05, 0.1) is 6.42 Å². The minimum atomic E-state index is -4.04. The van der Waals surface area contributed by atoms with E-state index in [0.717, 1.165) is 32.1 Å². The van der Waals surface area contributed by atoms with Crippen LogP contribution in [-0.4, -0.2) is 36.8 Å². The van der Waals surface area contributed by atoms with Gasteiger partial charge in [-0.3, -0.25) is 0 Å². The van der Waals surface area contributed by atoms with Crippen molar-refractivity contribution in [3.05, 3.63) is 0 Å². The van der Waals surface area contributed by atoms with Crippen molar-refractivity contribution in [3.8, 4) is 0 Å². The summed E-state index contributed by atoms with van der Waals surface area (Å²) in [7, 11) is 0. The van der Waals surface area contributed by atoms with Crippen LogP contribution in [0.3, 0.4) is 0 Å². The van der Waals surface area contributed by atoms with E-state index in [2.05, 4.69) is 0 Å². The topological polar surface area (TPSA) is 29.3 Å². The Morgan fingerprint density at radius 2 is 1.75 bits per heavy atom. The number of nitrogens with zero attached hydrogens (tertiary/aromatic N) is 1. The lowest BCUT2D eigenvalue weighted by Gasteiger charge is -2.29. The van der Waals surface area contributed by atoms with Crippen LogP contribution in [0.5, 0.6) is 0 Å². The number of hydrogen-bond acceptors (Lipinski definition) is 2. The third-order valence-electron chi connectivity index (χ3n) is 3.17. The minimum Gasteiger partial charge on any atom is -0.330 e. The maximum atomic E-state index is 12.2. The molecule has 0 heterocycles. The van der Waals surface area contributed by atoms with Crippen LogP contribution in [-0.2, 0) is 0 Å². The van der Waals surface area contributed by atoms with Gasteiger partial charge in [-0.1, -0.05) is 12.8 Å². The Balaban J connectivity index is 2.36. The molecule has 0 bridgehead atoms. The molecule has 0 unspecified atom stereocenters. The first-order valence-electron chi connectivity index (χ1n) is 6.04. The Hall–Kier alpha value is -0.290. The molecule has 0 radical (unpaired) electrons. The maximum absolute atomic E-state index is 12.2. The molecule has 0 saturated heterocycles. The van der Waals surface area contributed by atoms with E-state index in [1.165, 1.54) is 0 Å². The Bertz CT molecular complexity index is 188. The van der Waals surface area contributed by atoms with Crippen LogP contribution in [0.25, 0.3) is 0 Å². The highest BCUT2D eigenvalue weighted by Crippen LogP contribution is 2.26. The van der Waals surface area contributed by atoms with E-state index in [9.17, 15) is 13.2 Å². The smallest absolute Gasteiger partial charge is 0.330 e. The van der Waals surface area contributed by atoms with Crippen molar-refractivity contribution in [1.82, 2.24) is 4.90 Å². The zero-order valence-electron chi connectivity index (χ0n) is 9.60. The largest absolute Gasteiger partial charge is 0.390 e. The lowest BCUT2D eigenvalue weighted by atomic mass is 10.2. The second kappa shape index (κ2) is 6.45. The van der Waals surface area contributed by atoms with Gasteiger partial charge in [0.1, 0.15) is 0 Å². The van der Waals surface area contributed by atoms with Gasteiger partial charge in [-0.25, -0.2) is 0 Å². The molecule has 1 aliphatic carbocycles. The Kier molecular flexibility index (Phi) is 5.55. The van der Waals surface area contributed by atoms with Crippen LogP contribution in [0.4, 0.5) is 13.2 Å². The fourth-order valence-corrected chi connectivity index (χ4v) is 2.31. The molecule has 0 spiro atoms. The zero-order valence-corrected chi connectivity index (χ0v) is 9.60. The van der Waals surface area contributed by atoms with Crippen molar-refractivity contribution in [1.29, 1.82) is 0 Å². The average molecular weight is 238 g/mol. The van der Waals surface area contributed by atoms with E-state index in [1.807, 2.05) is 4.90 Å². The predicted molar refractivity (Wildman–Crippen MR) is 58.2 cm³/mol. The maximum Gasteiger partial charge on any atom is 0.390 e. The molecule has 5 heteroatoms. The SMILES string of the molecule is NCCCN(CCC(F)(F)F)C1CCCC1. The summed E-state index contributed by atoms with van der Waals surface area (Å²) >= 11 is 0. The van der Waals surface area contributed by atoms with Crippen molar-refractivity contribution in [2.24, 2.45) is 5.73 Å². The molecule has 2 N–H and O–H groups in total. The van der Waals surface area contributed by atoms with Crippen molar-refractivity contribution < 1.29 is 13.2 Å². The molecule has 0 aliphatic heterocycles. The third-order valence-corrected chi connectivity index (χ3v) is 3.17. The number of nitrogens with two attached hydrogens (primary N) is 1. The summed E-state index contributed by atoms with van der Waals surface area (Å²) in [6, 6.07) is 0.355. The fourth-order valence-electron chi connectivity index (χ4n) is 2.31. The molecule has 96 valence electrons. The first-order valence-corrected chi connectivity index (χ1v) is 6.04. The number of halogens is 3. The molecular weight excluding hydrogens is 217 g/mol. The lowest BCUT2D eigenvalue weighted by Crippen LogP contribution is -2.37. The molecule has 0 aromatic rings. The Morgan fingerprint density at radius 3 is 2.25 bits per heavy atom. The van der Waals surface area contributed by atoms with Gasteiger partial charge in [0, 0.05) is 12.6 Å². The van der Waals surface area contributed by atoms with Gasteiger partial charge in [0.15, 0.2) is 0 Å². The van der Waals surface area contributed by atoms with Crippen LogP contribution < -0.4 is 5.73 Å². The van der Waals surface area contributed by atoms with Gasteiger partial charge in [-0.05, 0) is 32.4 Å². The molecule has 16 heavy (non-hydrogen) atoms. The highest BCUT2D eigenvalue weighted by molar-refractivity contribution is 4.78. The molecule has 1 saturated carbocycles. The average Bonchev–Trinajstić information content (AvgIpc) is 2.69. The van der Waals surface area contributed by atoms with Crippen LogP contribution in [0.1, 0.15) is 38.5 Å². The van der Waals surface area contributed by atoms with E-state index in [4.69, 9.17) is 5.73 Å². The van der Waals surface area contributed by atoms with Crippen molar-refractivity contribution in [3.63, 3.8) is 0 Å². The summed E-state index contributed by atoms with van der Waals surface area (Å²) in [5.74, 6) is 0. The Labute approximate surface area is 95.0 Å². The molecule has 1 aliphatic rings. The van der Waals surface area contributed by atoms with E-state index >= 15 is 0 Å². The van der Waals surface area contributed by atoms with Crippen LogP contribution in [0.15, 0.2) is 0 Å². The van der Waals surface area contributed by atoms with Crippen molar-refractivity contribution >= 4 is 0 Å². The molecule has 1 fully saturated rings. The molecule has 2 nitrogen and oxygen atoms in total. The van der Waals surface area contributed by atoms with Gasteiger partial charge in [-0.2, -0.15) is 13.2 Å². The number of rotatable bonds is 6. The van der Waals surface area contributed by atoms with E-state index in [0.29, 0.717) is 19.1 Å². The molecule has 0 aromatic carbocycles. The second-order valence-corrected chi connectivity index (χ2v) is 4.48. The summed E-state index contributed by atoms with van der Waals surface area (Å²) in [5.41, 5.74) is 5.41. The normalized spacial score (nSPS) is 18.6. The van der Waals surface area contributed by atoms with Crippen LogP contribution in [0.2, 0.25) is 0 Å². The molecule has 0 atom stereocenters. The van der Waals surface area contributed by atoms with Gasteiger partial charge in [-0.15, -0.1) is 0 Å². The first kappa shape index (κ1) is 13.8. The summed E-state index contributed by atoms with van der Waals surface area (Å²) in [5, 5.41) is 0. The third kappa shape index (κ3) is 5.16. The van der Waals surface area contributed by atoms with E-state index in [1.54, 1.807) is 0 Å². The number of hydrogen-bond donors (Lipinski definition) is 1. The summed E-state index contributed by atoms with van der Waals surface area (Å²) in [6.07, 6.45) is 0.429. The summed E-state index contributed by atoms with van der Waals surface area (Å²) < 4.78 is 36.5. The van der Waals surface area contributed by atoms with Gasteiger partial charge in [0.2, 0.25) is 0 Å². The predicted octanol–water partition coefficient (Wildman–Crippen LogP) is 2.53. The molecule has 0 aromatic heterocycles. The van der Waals surface area contributed by atoms with Crippen LogP contribution in [0, 0.1) is 0 Å². The first-order chi connectivity index (χ1) is 7.53. The van der Waals surface area contributed by atoms with Crippen molar-refractivity contribution in [2.45, 2.75) is 50.7 Å². The van der Waals surface area contributed by atoms with Gasteiger partial charge < -0.3 is 10.6 Å². The Morgan fingerprint density at radius 1 is 1.12 bits per heavy atom. The molecule has 0 amide bonds. The summed E-state index contributed by atoms with van der Waals surface area (Å²) in [4.78, 5) is 1.98. The number of alkyl halides is 3. The highest BCUT2D eigenvalue weighted by atomic mass is 19.4. The minimum absolute atomic E-state index is 0.133. The van der Waals surface area contributed by atoms with Gasteiger partial charge in [0.25, 0.3) is 0 Å². The van der Waals surface area contributed by atoms with E-state index < -0.39 is 12.6 Å². The van der Waals surface area contributed by atoms with Crippen LogP contribution >= 0.6 is 0 Å². The second-order valence-electron chi connectivity index (χ2n) is 4.48. The fraction of sp³-hybridized carbons (Fsp3) is 1.00. The zero-order chi connectivity index (χ0) is 12.0. The molecule has 1 rings (SSSR count). The highest BCUT2D eigenvalue weighted by Gasteiger charge is 2.30. The monoisotopic (exact) mass is 238 g/mol. The lowest BCUT2D eigenvalue weighted by molar-refractivity contribution is -0.139. The summed E-state index contributed by atoms with van der Waals surface area (Å²) in [6.45, 7) is 1.39. The van der Waals surface area contributed by atoms with Gasteiger partial charge >= 0.3 is 6.18 Å². The van der Waals surface area contributed by atoms with Crippen molar-refractivity contribution in [2.75, 3.05) is 19.6 Å². The standard InChI is InChI=1S/C11H21F3N2/c12-11(13,14)6-9-16(8-3-7-15)10-4-1-2-5-10/h10H,1-9,15H2. The van der Waals surface area contributed by atoms with E-state index in [-0.39, 0.29) is 6.54 Å². The quantitative estimate of drug-likeness (QED) is 0.770.